The minimum absolute atomic E-state index is 0.927. The topological polar surface area (TPSA) is 72.3 Å². The molecule has 9 heteroatoms. The number of furan rings is 4. The van der Waals surface area contributed by atoms with Crippen molar-refractivity contribution in [1.29, 1.82) is 0 Å². The maximum absolute atomic E-state index is 6.36. The number of rotatable bonds is 6. The SMILES string of the molecule is c1ccc(-c2ccc(-n3c4ccccc4c4c5occc5ccc43)cc2)cc1.c1ccc(-c2cccc(-n3c4ccccc4c4c5occc5ccc43)c2)cc1.c1ccc(-n2c3ccccc3c3c4occc4ccc32)cc1.c1ccc2c(c1)oc1c(-n3c4ccccc4c4c5sccc5ccc43)cccc12. The van der Waals surface area contributed by atoms with Crippen LogP contribution in [-0.2, 0) is 0 Å². The summed E-state index contributed by atoms with van der Waals surface area (Å²) in [5.74, 6) is 0. The summed E-state index contributed by atoms with van der Waals surface area (Å²) in [6, 6.07) is 124. The van der Waals surface area contributed by atoms with Crippen molar-refractivity contribution < 1.29 is 17.7 Å². The van der Waals surface area contributed by atoms with Gasteiger partial charge in [-0.15, -0.1) is 11.3 Å². The van der Waals surface area contributed by atoms with Crippen molar-refractivity contribution in [1.82, 2.24) is 18.3 Å². The van der Waals surface area contributed by atoms with Gasteiger partial charge in [-0.25, -0.2) is 0 Å². The third kappa shape index (κ3) is 10.1. The lowest BCUT2D eigenvalue weighted by molar-refractivity contribution is 0.619. The molecule has 0 fully saturated rings. The van der Waals surface area contributed by atoms with Gasteiger partial charge in [0.15, 0.2) is 5.58 Å². The van der Waals surface area contributed by atoms with Crippen LogP contribution < -0.4 is 0 Å². The second kappa shape index (κ2) is 25.4. The molecule has 24 rings (SSSR count). The average molecular weight is 1390 g/mol. The lowest BCUT2D eigenvalue weighted by Crippen LogP contribution is -1.94. The van der Waals surface area contributed by atoms with Crippen LogP contribution in [0, 0.1) is 0 Å². The smallest absolute Gasteiger partial charge is 0.159 e. The molecule has 0 bridgehead atoms. The summed E-state index contributed by atoms with van der Waals surface area (Å²) in [6.07, 6.45) is 5.30. The molecule has 24 aromatic rings. The Morgan fingerprint density at radius 2 is 0.607 bits per heavy atom. The monoisotopic (exact) mass is 1390 g/mol. The fourth-order valence-electron chi connectivity index (χ4n) is 16.4. The maximum Gasteiger partial charge on any atom is 0.159 e. The highest BCUT2D eigenvalue weighted by molar-refractivity contribution is 7.18. The van der Waals surface area contributed by atoms with Gasteiger partial charge in [-0.3, -0.25) is 0 Å². The highest BCUT2D eigenvalue weighted by atomic mass is 32.1. The van der Waals surface area contributed by atoms with Crippen molar-refractivity contribution in [2.75, 3.05) is 0 Å². The summed E-state index contributed by atoms with van der Waals surface area (Å²) in [4.78, 5) is 0. The molecule has 504 valence electrons. The Bertz CT molecular complexity index is 7510. The highest BCUT2D eigenvalue weighted by Crippen LogP contribution is 2.45. The van der Waals surface area contributed by atoms with Crippen LogP contribution in [-0.4, -0.2) is 18.3 Å². The Morgan fingerprint density at radius 3 is 1.15 bits per heavy atom. The number of para-hydroxylation sites is 7. The van der Waals surface area contributed by atoms with Crippen LogP contribution in [0.1, 0.15) is 0 Å². The molecule has 107 heavy (non-hydrogen) atoms. The number of benzene rings is 15. The molecule has 0 atom stereocenters. The van der Waals surface area contributed by atoms with Gasteiger partial charge in [-0.2, -0.15) is 0 Å². The minimum Gasteiger partial charge on any atom is -0.464 e. The lowest BCUT2D eigenvalue weighted by atomic mass is 10.1. The summed E-state index contributed by atoms with van der Waals surface area (Å²) in [7, 11) is 0. The second-order valence-corrected chi connectivity index (χ2v) is 27.9. The van der Waals surface area contributed by atoms with Gasteiger partial charge in [0, 0.05) is 75.6 Å². The van der Waals surface area contributed by atoms with E-state index in [1.807, 2.05) is 53.8 Å². The fraction of sp³-hybridized carbons (Fsp3) is 0. The van der Waals surface area contributed by atoms with E-state index >= 15 is 0 Å². The Balaban J connectivity index is 0.0000000918. The zero-order valence-corrected chi connectivity index (χ0v) is 58.4. The first kappa shape index (κ1) is 61.5. The predicted molar refractivity (Wildman–Crippen MR) is 446 cm³/mol. The van der Waals surface area contributed by atoms with Crippen molar-refractivity contribution in [2.24, 2.45) is 0 Å². The standard InChI is InChI=1S/C26H15NOS.2C26H17NO.C20H13NO/c1-3-9-20-19(7-1)24-21(13-12-16-14-15-29-26(16)24)27(20)22-10-5-8-18-17-6-2-4-11-23(17)28-25(18)22;1-2-7-18(8-3-1)20-9-6-10-21(17-20)27-23-12-5-4-11-22(23)25-24(27)14-13-19-15-16-28-26(19)25;1-2-6-18(7-3-1)19-10-13-21(14-11-19)27-23-9-5-4-8-22(23)25-24(27)15-12-20-16-17-28-26(20)25;1-2-6-15(7-3-1)21-17-9-5-4-8-16(17)19-18(21)11-10-14-12-13-22-20(14)19/h1-15H;2*1-17H;1-13H. The van der Waals surface area contributed by atoms with E-state index in [1.54, 1.807) is 18.8 Å². The first-order chi connectivity index (χ1) is 53.1. The highest BCUT2D eigenvalue weighted by Gasteiger charge is 2.22. The summed E-state index contributed by atoms with van der Waals surface area (Å²) in [6.45, 7) is 0. The molecule has 0 spiro atoms. The van der Waals surface area contributed by atoms with Crippen molar-refractivity contribution in [3.05, 3.63) is 376 Å². The van der Waals surface area contributed by atoms with E-state index < -0.39 is 0 Å². The summed E-state index contributed by atoms with van der Waals surface area (Å²) >= 11 is 1.81. The number of hydrogen-bond acceptors (Lipinski definition) is 5. The molecule has 0 aliphatic heterocycles. The summed E-state index contributed by atoms with van der Waals surface area (Å²) in [5, 5.41) is 19.0. The molecule has 0 saturated carbocycles. The van der Waals surface area contributed by atoms with E-state index in [4.69, 9.17) is 17.7 Å². The van der Waals surface area contributed by atoms with Crippen molar-refractivity contribution in [3.8, 4) is 45.0 Å². The molecule has 9 aromatic heterocycles. The Morgan fingerprint density at radius 1 is 0.224 bits per heavy atom. The van der Waals surface area contributed by atoms with Crippen LogP contribution in [0.4, 0.5) is 0 Å². The van der Waals surface area contributed by atoms with Crippen LogP contribution in [0.25, 0.3) is 197 Å². The number of thiophene rings is 1. The molecule has 0 N–H and O–H groups in total. The van der Waals surface area contributed by atoms with Crippen molar-refractivity contribution in [3.63, 3.8) is 0 Å². The third-order valence-corrected chi connectivity index (χ3v) is 22.0. The molecule has 0 saturated heterocycles. The van der Waals surface area contributed by atoms with Crippen LogP contribution in [0.3, 0.4) is 0 Å². The minimum atomic E-state index is 0.927. The van der Waals surface area contributed by atoms with E-state index in [-0.39, 0.29) is 0 Å². The van der Waals surface area contributed by atoms with Gasteiger partial charge in [-0.1, -0.05) is 212 Å². The van der Waals surface area contributed by atoms with E-state index in [0.717, 1.165) is 82.9 Å². The second-order valence-electron chi connectivity index (χ2n) is 27.0. The zero-order valence-electron chi connectivity index (χ0n) is 57.6. The molecule has 9 heterocycles. The molecule has 0 amide bonds. The van der Waals surface area contributed by atoms with E-state index in [0.29, 0.717) is 0 Å². The van der Waals surface area contributed by atoms with Crippen molar-refractivity contribution >= 4 is 163 Å². The van der Waals surface area contributed by atoms with Crippen LogP contribution >= 0.6 is 11.3 Å². The van der Waals surface area contributed by atoms with Crippen LogP contribution in [0.5, 0.6) is 0 Å². The molecule has 8 nitrogen and oxygen atoms in total. The zero-order chi connectivity index (χ0) is 70.5. The average Bonchev–Trinajstić information content (AvgIpc) is 1.60. The van der Waals surface area contributed by atoms with Gasteiger partial charge in [0.1, 0.15) is 22.3 Å². The van der Waals surface area contributed by atoms with Crippen LogP contribution in [0.15, 0.2) is 394 Å². The number of hydrogen-bond donors (Lipinski definition) is 0. The van der Waals surface area contributed by atoms with Gasteiger partial charge in [0.25, 0.3) is 0 Å². The molecule has 0 aliphatic carbocycles. The first-order valence-electron chi connectivity index (χ1n) is 36.0. The number of nitrogens with zero attached hydrogens (tertiary/aromatic N) is 4. The lowest BCUT2D eigenvalue weighted by Gasteiger charge is -2.10. The van der Waals surface area contributed by atoms with E-state index in [9.17, 15) is 0 Å². The van der Waals surface area contributed by atoms with Crippen LogP contribution in [0.2, 0.25) is 0 Å². The predicted octanol–water partition coefficient (Wildman–Crippen LogP) is 27.8. The fourth-order valence-corrected chi connectivity index (χ4v) is 17.3. The molecular weight excluding hydrogens is 1330 g/mol. The Kier molecular flexibility index (Phi) is 14.6. The van der Waals surface area contributed by atoms with Crippen molar-refractivity contribution in [2.45, 2.75) is 0 Å². The third-order valence-electron chi connectivity index (χ3n) is 21.1. The molecule has 0 unspecified atom stereocenters. The van der Waals surface area contributed by atoms with Gasteiger partial charge in [-0.05, 0) is 173 Å². The summed E-state index contributed by atoms with van der Waals surface area (Å²) in [5.41, 5.74) is 23.7. The Hall–Kier alpha value is -14.1. The summed E-state index contributed by atoms with van der Waals surface area (Å²) < 4.78 is 34.5. The molecule has 15 aromatic carbocycles. The molecule has 0 radical (unpaired) electrons. The van der Waals surface area contributed by atoms with Gasteiger partial charge in [0.05, 0.1) is 84.8 Å². The molecular formula is C98H62N4O4S. The quantitative estimate of drug-likeness (QED) is 0.166. The largest absolute Gasteiger partial charge is 0.464 e. The number of aromatic nitrogens is 4. The van der Waals surface area contributed by atoms with Gasteiger partial charge in [0.2, 0.25) is 0 Å². The Labute approximate surface area is 616 Å². The molecule has 0 aliphatic rings. The van der Waals surface area contributed by atoms with E-state index in [1.165, 1.54) is 114 Å². The van der Waals surface area contributed by atoms with Gasteiger partial charge < -0.3 is 35.9 Å². The van der Waals surface area contributed by atoms with Gasteiger partial charge >= 0.3 is 0 Å². The first-order valence-corrected chi connectivity index (χ1v) is 36.9. The number of fused-ring (bicyclic) bond motifs is 23. The maximum atomic E-state index is 6.36. The van der Waals surface area contributed by atoms with E-state index in [2.05, 4.69) is 333 Å². The normalized spacial score (nSPS) is 11.7.